The molecule has 2 heterocycles. The second kappa shape index (κ2) is 5.47. The highest BCUT2D eigenvalue weighted by Gasteiger charge is 2.23. The van der Waals surface area contributed by atoms with Crippen molar-refractivity contribution in [1.82, 2.24) is 4.98 Å². The Labute approximate surface area is 111 Å². The van der Waals surface area contributed by atoms with Crippen molar-refractivity contribution in [3.8, 4) is 0 Å². The van der Waals surface area contributed by atoms with E-state index in [9.17, 15) is 4.79 Å². The van der Waals surface area contributed by atoms with Gasteiger partial charge in [0.15, 0.2) is 5.78 Å². The highest BCUT2D eigenvalue weighted by molar-refractivity contribution is 5.91. The number of carbonyl (C=O) groups excluding carboxylic acids is 1. The van der Waals surface area contributed by atoms with Gasteiger partial charge in [-0.3, -0.25) is 9.78 Å². The zero-order valence-electron chi connectivity index (χ0n) is 10.5. The third kappa shape index (κ3) is 2.64. The van der Waals surface area contributed by atoms with E-state index in [1.807, 2.05) is 30.3 Å². The van der Waals surface area contributed by atoms with Crippen LogP contribution in [0.15, 0.2) is 36.5 Å². The molecule has 1 aliphatic rings. The highest BCUT2D eigenvalue weighted by atomic mass is 16.6. The van der Waals surface area contributed by atoms with E-state index in [2.05, 4.69) is 4.98 Å². The molecule has 0 spiro atoms. The molecule has 1 aliphatic heterocycles. The third-order valence-electron chi connectivity index (χ3n) is 3.28. The summed E-state index contributed by atoms with van der Waals surface area (Å²) in [5.41, 5.74) is 1.90. The van der Waals surface area contributed by atoms with E-state index in [0.29, 0.717) is 26.2 Å². The van der Waals surface area contributed by atoms with Crippen LogP contribution in [-0.4, -0.2) is 36.7 Å². The van der Waals surface area contributed by atoms with Crippen LogP contribution in [0.25, 0.3) is 10.9 Å². The molecule has 0 N–H and O–H groups in total. The van der Waals surface area contributed by atoms with Gasteiger partial charge in [0.25, 0.3) is 0 Å². The lowest BCUT2D eigenvalue weighted by atomic mass is 10.0. The average Bonchev–Trinajstić information content (AvgIpc) is 2.48. The molecule has 1 atom stereocenters. The summed E-state index contributed by atoms with van der Waals surface area (Å²) in [5, 5.41) is 1.02. The standard InChI is InChI=1S/C15H15NO3/c17-14(15-10-18-7-8-19-15)9-11-5-6-16-13-4-2-1-3-12(11)13/h1-6,15H,7-10H2. The van der Waals surface area contributed by atoms with E-state index in [1.54, 1.807) is 6.20 Å². The van der Waals surface area contributed by atoms with Crippen LogP contribution in [-0.2, 0) is 20.7 Å². The first kappa shape index (κ1) is 12.3. The first-order chi connectivity index (χ1) is 9.34. The van der Waals surface area contributed by atoms with Crippen LogP contribution >= 0.6 is 0 Å². The van der Waals surface area contributed by atoms with E-state index in [4.69, 9.17) is 9.47 Å². The molecule has 1 unspecified atom stereocenters. The van der Waals surface area contributed by atoms with Gasteiger partial charge in [-0.1, -0.05) is 18.2 Å². The summed E-state index contributed by atoms with van der Waals surface area (Å²) in [7, 11) is 0. The number of rotatable bonds is 3. The molecular formula is C15H15NO3. The lowest BCUT2D eigenvalue weighted by Gasteiger charge is -2.21. The average molecular weight is 257 g/mol. The fourth-order valence-corrected chi connectivity index (χ4v) is 2.28. The van der Waals surface area contributed by atoms with Crippen LogP contribution in [0.5, 0.6) is 0 Å². The number of aromatic nitrogens is 1. The maximum Gasteiger partial charge on any atom is 0.168 e. The van der Waals surface area contributed by atoms with Crippen molar-refractivity contribution in [1.29, 1.82) is 0 Å². The Balaban J connectivity index is 1.82. The van der Waals surface area contributed by atoms with Gasteiger partial charge in [0.1, 0.15) is 6.10 Å². The molecule has 0 radical (unpaired) electrons. The molecule has 0 bridgehead atoms. The topological polar surface area (TPSA) is 48.4 Å². The predicted octanol–water partition coefficient (Wildman–Crippen LogP) is 1.76. The van der Waals surface area contributed by atoms with Crippen LogP contribution in [0.4, 0.5) is 0 Å². The highest BCUT2D eigenvalue weighted by Crippen LogP contribution is 2.18. The number of nitrogens with zero attached hydrogens (tertiary/aromatic N) is 1. The van der Waals surface area contributed by atoms with Crippen molar-refractivity contribution in [3.05, 3.63) is 42.1 Å². The number of para-hydroxylation sites is 1. The predicted molar refractivity (Wildman–Crippen MR) is 71.0 cm³/mol. The lowest BCUT2D eigenvalue weighted by Crippen LogP contribution is -2.36. The van der Waals surface area contributed by atoms with Crippen LogP contribution in [0.1, 0.15) is 5.56 Å². The van der Waals surface area contributed by atoms with E-state index in [0.717, 1.165) is 16.5 Å². The van der Waals surface area contributed by atoms with Crippen LogP contribution < -0.4 is 0 Å². The summed E-state index contributed by atoms with van der Waals surface area (Å²) in [6, 6.07) is 9.73. The Morgan fingerprint density at radius 2 is 2.16 bits per heavy atom. The number of pyridine rings is 1. The maximum absolute atomic E-state index is 12.2. The number of ether oxygens (including phenoxy) is 2. The Kier molecular flexibility index (Phi) is 3.53. The molecule has 4 heteroatoms. The molecule has 98 valence electrons. The molecule has 2 aromatic rings. The molecule has 1 saturated heterocycles. The number of carbonyl (C=O) groups is 1. The second-order valence-electron chi connectivity index (χ2n) is 4.56. The van der Waals surface area contributed by atoms with Crippen LogP contribution in [0.2, 0.25) is 0 Å². The number of Topliss-reactive ketones (excluding diaryl/α,β-unsaturated/α-hetero) is 1. The molecule has 1 fully saturated rings. The molecule has 1 aromatic carbocycles. The fraction of sp³-hybridized carbons (Fsp3) is 0.333. The first-order valence-electron chi connectivity index (χ1n) is 6.39. The van der Waals surface area contributed by atoms with Crippen molar-refractivity contribution in [2.75, 3.05) is 19.8 Å². The number of hydrogen-bond donors (Lipinski definition) is 0. The molecule has 19 heavy (non-hydrogen) atoms. The number of hydrogen-bond acceptors (Lipinski definition) is 4. The molecule has 0 aliphatic carbocycles. The Hall–Kier alpha value is -1.78. The van der Waals surface area contributed by atoms with Gasteiger partial charge in [-0.15, -0.1) is 0 Å². The summed E-state index contributed by atoms with van der Waals surface area (Å²) < 4.78 is 10.7. The maximum atomic E-state index is 12.2. The Morgan fingerprint density at radius 1 is 1.26 bits per heavy atom. The zero-order chi connectivity index (χ0) is 13.1. The number of benzene rings is 1. The van der Waals surface area contributed by atoms with Gasteiger partial charge < -0.3 is 9.47 Å². The zero-order valence-corrected chi connectivity index (χ0v) is 10.5. The van der Waals surface area contributed by atoms with E-state index < -0.39 is 6.10 Å². The lowest BCUT2D eigenvalue weighted by molar-refractivity contribution is -0.144. The number of ketones is 1. The molecule has 0 amide bonds. The minimum absolute atomic E-state index is 0.0658. The minimum Gasteiger partial charge on any atom is -0.376 e. The van der Waals surface area contributed by atoms with Crippen molar-refractivity contribution >= 4 is 16.7 Å². The molecule has 1 aromatic heterocycles. The third-order valence-corrected chi connectivity index (χ3v) is 3.28. The van der Waals surface area contributed by atoms with Gasteiger partial charge in [0, 0.05) is 18.0 Å². The van der Waals surface area contributed by atoms with Gasteiger partial charge in [-0.25, -0.2) is 0 Å². The minimum atomic E-state index is -0.430. The molecular weight excluding hydrogens is 242 g/mol. The number of fused-ring (bicyclic) bond motifs is 1. The molecule has 3 rings (SSSR count). The normalized spacial score (nSPS) is 19.5. The van der Waals surface area contributed by atoms with Gasteiger partial charge in [-0.05, 0) is 17.7 Å². The van der Waals surface area contributed by atoms with E-state index in [1.165, 1.54) is 0 Å². The summed E-state index contributed by atoms with van der Waals surface area (Å²) in [6.45, 7) is 1.43. The van der Waals surface area contributed by atoms with E-state index >= 15 is 0 Å². The van der Waals surface area contributed by atoms with Gasteiger partial charge in [-0.2, -0.15) is 0 Å². The van der Waals surface area contributed by atoms with Crippen LogP contribution in [0.3, 0.4) is 0 Å². The fourth-order valence-electron chi connectivity index (χ4n) is 2.28. The van der Waals surface area contributed by atoms with Crippen LogP contribution in [0, 0.1) is 0 Å². The monoisotopic (exact) mass is 257 g/mol. The van der Waals surface area contributed by atoms with Crippen molar-refractivity contribution in [2.24, 2.45) is 0 Å². The second-order valence-corrected chi connectivity index (χ2v) is 4.56. The van der Waals surface area contributed by atoms with Gasteiger partial charge in [0.2, 0.25) is 0 Å². The van der Waals surface area contributed by atoms with Crippen molar-refractivity contribution in [2.45, 2.75) is 12.5 Å². The first-order valence-corrected chi connectivity index (χ1v) is 6.39. The quantitative estimate of drug-likeness (QED) is 0.840. The molecule has 0 saturated carbocycles. The van der Waals surface area contributed by atoms with E-state index in [-0.39, 0.29) is 5.78 Å². The Morgan fingerprint density at radius 3 is 3.00 bits per heavy atom. The SMILES string of the molecule is O=C(Cc1ccnc2ccccc12)C1COCCO1. The Bertz CT molecular complexity index is 585. The summed E-state index contributed by atoms with van der Waals surface area (Å²) in [6.07, 6.45) is 1.67. The molecule has 4 nitrogen and oxygen atoms in total. The summed E-state index contributed by atoms with van der Waals surface area (Å²) in [4.78, 5) is 16.5. The van der Waals surface area contributed by atoms with Gasteiger partial charge in [0.05, 0.1) is 25.3 Å². The van der Waals surface area contributed by atoms with Gasteiger partial charge >= 0.3 is 0 Å². The van der Waals surface area contributed by atoms with Crippen molar-refractivity contribution < 1.29 is 14.3 Å². The summed E-state index contributed by atoms with van der Waals surface area (Å²) in [5.74, 6) is 0.0658. The largest absolute Gasteiger partial charge is 0.376 e. The smallest absolute Gasteiger partial charge is 0.168 e. The summed E-state index contributed by atoms with van der Waals surface area (Å²) >= 11 is 0. The van der Waals surface area contributed by atoms with Crippen molar-refractivity contribution in [3.63, 3.8) is 0 Å².